The summed E-state index contributed by atoms with van der Waals surface area (Å²) in [4.78, 5) is 0. The summed E-state index contributed by atoms with van der Waals surface area (Å²) in [6.45, 7) is 4.25. The topological polar surface area (TPSA) is 41.5 Å². The monoisotopic (exact) mass is 299 g/mol. The molecular weight excluding hydrogens is 274 g/mol. The van der Waals surface area contributed by atoms with Crippen LogP contribution in [0.2, 0.25) is 0 Å². The lowest BCUT2D eigenvalue weighted by atomic mass is 10.0. The predicted molar refractivity (Wildman–Crippen MR) is 90.3 cm³/mol. The summed E-state index contributed by atoms with van der Waals surface area (Å²) in [5.41, 5.74) is 3.58. The Labute approximate surface area is 133 Å². The van der Waals surface area contributed by atoms with Gasteiger partial charge in [-0.25, -0.2) is 0 Å². The fraction of sp³-hybridized carbons (Fsp3) is 0.368. The van der Waals surface area contributed by atoms with Crippen molar-refractivity contribution in [1.29, 1.82) is 0 Å². The summed E-state index contributed by atoms with van der Waals surface area (Å²) in [5, 5.41) is 12.5. The third kappa shape index (κ3) is 4.86. The van der Waals surface area contributed by atoms with E-state index < -0.39 is 0 Å². The summed E-state index contributed by atoms with van der Waals surface area (Å²) < 4.78 is 5.18. The van der Waals surface area contributed by atoms with E-state index in [4.69, 9.17) is 9.84 Å². The van der Waals surface area contributed by atoms with Gasteiger partial charge in [0, 0.05) is 6.54 Å². The summed E-state index contributed by atoms with van der Waals surface area (Å²) in [6, 6.07) is 16.4. The summed E-state index contributed by atoms with van der Waals surface area (Å²) >= 11 is 0. The Bertz CT molecular complexity index is 549. The Hall–Kier alpha value is -1.84. The van der Waals surface area contributed by atoms with E-state index in [2.05, 4.69) is 36.5 Å². The molecule has 2 aromatic carbocycles. The number of ether oxygens (including phenoxy) is 1. The van der Waals surface area contributed by atoms with Crippen LogP contribution in [0.3, 0.4) is 0 Å². The molecule has 0 radical (unpaired) electrons. The highest BCUT2D eigenvalue weighted by Crippen LogP contribution is 2.18. The van der Waals surface area contributed by atoms with Crippen LogP contribution in [0.5, 0.6) is 5.75 Å². The maximum Gasteiger partial charge on any atom is 0.118 e. The SMILES string of the molecule is COc1ccc(C(C)CNCCc2ccc(CO)cc2)cc1. The molecule has 0 heterocycles. The molecule has 2 N–H and O–H groups in total. The van der Waals surface area contributed by atoms with Crippen LogP contribution in [-0.2, 0) is 13.0 Å². The minimum absolute atomic E-state index is 0.109. The molecule has 22 heavy (non-hydrogen) atoms. The van der Waals surface area contributed by atoms with Crippen LogP contribution < -0.4 is 10.1 Å². The van der Waals surface area contributed by atoms with Gasteiger partial charge in [0.1, 0.15) is 5.75 Å². The second-order valence-electron chi connectivity index (χ2n) is 5.60. The molecule has 0 fully saturated rings. The van der Waals surface area contributed by atoms with Gasteiger partial charge >= 0.3 is 0 Å². The van der Waals surface area contributed by atoms with Crippen molar-refractivity contribution >= 4 is 0 Å². The highest BCUT2D eigenvalue weighted by Gasteiger charge is 2.05. The van der Waals surface area contributed by atoms with Crippen molar-refractivity contribution in [3.05, 3.63) is 65.2 Å². The first-order valence-corrected chi connectivity index (χ1v) is 7.76. The van der Waals surface area contributed by atoms with Crippen molar-refractivity contribution in [2.24, 2.45) is 0 Å². The van der Waals surface area contributed by atoms with Crippen molar-refractivity contribution in [2.75, 3.05) is 20.2 Å². The number of benzene rings is 2. The molecular formula is C19H25NO2. The van der Waals surface area contributed by atoms with Crippen LogP contribution in [0.1, 0.15) is 29.5 Å². The minimum Gasteiger partial charge on any atom is -0.497 e. The second kappa shape index (κ2) is 8.57. The van der Waals surface area contributed by atoms with Gasteiger partial charge in [0.15, 0.2) is 0 Å². The predicted octanol–water partition coefficient (Wildman–Crippen LogP) is 3.12. The lowest BCUT2D eigenvalue weighted by molar-refractivity contribution is 0.282. The molecule has 0 aliphatic rings. The Morgan fingerprint density at radius 1 is 1.00 bits per heavy atom. The van der Waals surface area contributed by atoms with Crippen LogP contribution in [0, 0.1) is 0 Å². The molecule has 3 heteroatoms. The first-order valence-electron chi connectivity index (χ1n) is 7.76. The lowest BCUT2D eigenvalue weighted by Crippen LogP contribution is -2.22. The standard InChI is InChI=1S/C19H25NO2/c1-15(18-7-9-19(22-2)10-8-18)13-20-12-11-16-3-5-17(14-21)6-4-16/h3-10,15,20-21H,11-14H2,1-2H3. The lowest BCUT2D eigenvalue weighted by Gasteiger charge is -2.13. The van der Waals surface area contributed by atoms with Gasteiger partial charge < -0.3 is 15.2 Å². The molecule has 0 spiro atoms. The van der Waals surface area contributed by atoms with E-state index in [0.717, 1.165) is 30.8 Å². The van der Waals surface area contributed by atoms with Gasteiger partial charge in [-0.1, -0.05) is 43.3 Å². The molecule has 0 bridgehead atoms. The summed E-state index contributed by atoms with van der Waals surface area (Å²) in [5.74, 6) is 1.37. The molecule has 0 aliphatic heterocycles. The number of methoxy groups -OCH3 is 1. The molecule has 2 aromatic rings. The van der Waals surface area contributed by atoms with Crippen LogP contribution in [0.4, 0.5) is 0 Å². The molecule has 1 unspecified atom stereocenters. The zero-order valence-corrected chi connectivity index (χ0v) is 13.4. The highest BCUT2D eigenvalue weighted by molar-refractivity contribution is 5.29. The minimum atomic E-state index is 0.109. The third-order valence-corrected chi connectivity index (χ3v) is 3.93. The van der Waals surface area contributed by atoms with E-state index >= 15 is 0 Å². The molecule has 2 rings (SSSR count). The van der Waals surface area contributed by atoms with Crippen LogP contribution >= 0.6 is 0 Å². The maximum absolute atomic E-state index is 9.02. The molecule has 0 saturated heterocycles. The van der Waals surface area contributed by atoms with E-state index in [1.165, 1.54) is 11.1 Å². The number of nitrogens with one attached hydrogen (secondary N) is 1. The number of aliphatic hydroxyl groups is 1. The number of hydrogen-bond donors (Lipinski definition) is 2. The Morgan fingerprint density at radius 3 is 2.23 bits per heavy atom. The Kier molecular flexibility index (Phi) is 6.44. The second-order valence-corrected chi connectivity index (χ2v) is 5.60. The molecule has 0 amide bonds. The van der Waals surface area contributed by atoms with Crippen LogP contribution in [-0.4, -0.2) is 25.3 Å². The van der Waals surface area contributed by atoms with Crippen molar-refractivity contribution < 1.29 is 9.84 Å². The first-order chi connectivity index (χ1) is 10.7. The van der Waals surface area contributed by atoms with Crippen LogP contribution in [0.25, 0.3) is 0 Å². The van der Waals surface area contributed by atoms with Crippen molar-refractivity contribution in [2.45, 2.75) is 25.9 Å². The average Bonchev–Trinajstić information content (AvgIpc) is 2.59. The summed E-state index contributed by atoms with van der Waals surface area (Å²) in [6.07, 6.45) is 1.00. The van der Waals surface area contributed by atoms with E-state index in [0.29, 0.717) is 5.92 Å². The van der Waals surface area contributed by atoms with Crippen molar-refractivity contribution in [1.82, 2.24) is 5.32 Å². The fourth-order valence-electron chi connectivity index (χ4n) is 2.41. The van der Waals surface area contributed by atoms with E-state index in [9.17, 15) is 0 Å². The first kappa shape index (κ1) is 16.5. The fourth-order valence-corrected chi connectivity index (χ4v) is 2.41. The zero-order chi connectivity index (χ0) is 15.8. The molecule has 0 aromatic heterocycles. The molecule has 3 nitrogen and oxygen atoms in total. The van der Waals surface area contributed by atoms with Gasteiger partial charge in [-0.2, -0.15) is 0 Å². The van der Waals surface area contributed by atoms with Crippen molar-refractivity contribution in [3.8, 4) is 5.75 Å². The quantitative estimate of drug-likeness (QED) is 0.736. The molecule has 0 aliphatic carbocycles. The average molecular weight is 299 g/mol. The number of hydrogen-bond acceptors (Lipinski definition) is 3. The summed E-state index contributed by atoms with van der Waals surface area (Å²) in [7, 11) is 1.69. The van der Waals surface area contributed by atoms with Gasteiger partial charge in [0.05, 0.1) is 13.7 Å². The molecule has 1 atom stereocenters. The zero-order valence-electron chi connectivity index (χ0n) is 13.4. The highest BCUT2D eigenvalue weighted by atomic mass is 16.5. The smallest absolute Gasteiger partial charge is 0.118 e. The van der Waals surface area contributed by atoms with Gasteiger partial charge in [-0.05, 0) is 47.7 Å². The molecule has 118 valence electrons. The number of rotatable bonds is 8. The maximum atomic E-state index is 9.02. The largest absolute Gasteiger partial charge is 0.497 e. The van der Waals surface area contributed by atoms with E-state index in [1.54, 1.807) is 7.11 Å². The third-order valence-electron chi connectivity index (χ3n) is 3.93. The van der Waals surface area contributed by atoms with E-state index in [1.807, 2.05) is 24.3 Å². The normalized spacial score (nSPS) is 12.1. The van der Waals surface area contributed by atoms with Crippen LogP contribution in [0.15, 0.2) is 48.5 Å². The molecule has 0 saturated carbocycles. The van der Waals surface area contributed by atoms with E-state index in [-0.39, 0.29) is 6.61 Å². The number of aliphatic hydroxyl groups excluding tert-OH is 1. The Morgan fingerprint density at radius 2 is 1.64 bits per heavy atom. The Balaban J connectivity index is 1.72. The van der Waals surface area contributed by atoms with Gasteiger partial charge in [-0.15, -0.1) is 0 Å². The van der Waals surface area contributed by atoms with Gasteiger partial charge in [0.2, 0.25) is 0 Å². The van der Waals surface area contributed by atoms with Gasteiger partial charge in [-0.3, -0.25) is 0 Å². The van der Waals surface area contributed by atoms with Crippen molar-refractivity contribution in [3.63, 3.8) is 0 Å². The van der Waals surface area contributed by atoms with Gasteiger partial charge in [0.25, 0.3) is 0 Å².